The molecular formula is C38H47N3O4. The molecule has 1 unspecified atom stereocenters. The molecule has 3 aromatic carbocycles. The number of hydrogen-bond donors (Lipinski definition) is 4. The predicted octanol–water partition coefficient (Wildman–Crippen LogP) is 4.56. The minimum Gasteiger partial charge on any atom is -0.391 e. The fourth-order valence-electron chi connectivity index (χ4n) is 6.48. The smallest absolute Gasteiger partial charge is 0.223 e. The quantitative estimate of drug-likeness (QED) is 0.137. The Morgan fingerprint density at radius 1 is 0.867 bits per heavy atom. The van der Waals surface area contributed by atoms with Crippen molar-refractivity contribution in [2.75, 3.05) is 13.1 Å². The van der Waals surface area contributed by atoms with Gasteiger partial charge in [0, 0.05) is 24.9 Å². The van der Waals surface area contributed by atoms with E-state index in [1.54, 1.807) is 11.1 Å². The van der Waals surface area contributed by atoms with Gasteiger partial charge in [-0.15, -0.1) is 0 Å². The summed E-state index contributed by atoms with van der Waals surface area (Å²) in [5, 5.41) is 15.7. The van der Waals surface area contributed by atoms with E-state index in [-0.39, 0.29) is 24.8 Å². The second-order valence-electron chi connectivity index (χ2n) is 12.2. The van der Waals surface area contributed by atoms with Crippen LogP contribution in [0.2, 0.25) is 0 Å². The highest BCUT2D eigenvalue weighted by Crippen LogP contribution is 2.43. The molecule has 238 valence electrons. The largest absolute Gasteiger partial charge is 0.391 e. The molecule has 0 radical (unpaired) electrons. The topological polar surface area (TPSA) is 122 Å². The van der Waals surface area contributed by atoms with E-state index < -0.39 is 17.9 Å². The number of nitrogens with one attached hydrogen (secondary N) is 2. The molecule has 2 bridgehead atoms. The van der Waals surface area contributed by atoms with Crippen LogP contribution in [0.25, 0.3) is 0 Å². The molecule has 0 spiro atoms. The van der Waals surface area contributed by atoms with E-state index in [4.69, 9.17) is 5.73 Å². The molecule has 3 aliphatic rings. The second-order valence-corrected chi connectivity index (χ2v) is 12.2. The molecule has 7 heteroatoms. The first-order valence-electron chi connectivity index (χ1n) is 16.2. The molecule has 1 fully saturated rings. The van der Waals surface area contributed by atoms with Crippen molar-refractivity contribution in [1.82, 2.24) is 10.6 Å². The van der Waals surface area contributed by atoms with Crippen molar-refractivity contribution >= 4 is 18.2 Å². The van der Waals surface area contributed by atoms with Crippen LogP contribution < -0.4 is 16.4 Å². The molecule has 45 heavy (non-hydrogen) atoms. The third-order valence-electron chi connectivity index (χ3n) is 8.91. The standard InChI is InChI=1S/C20H26N2O3.C9H11NO.C9H10/c21-19(24)16(8-13-4-2-1-3-5-13)11-17(23)12-22-20(25)18-10-14-6-7-15(18)9-14;11-8-10-7-6-9-4-2-1-3-5-9;1-2-5-9-7-3-6-8(9)4-1/h1-7,14-18,23H,8-12H2,(H2,21,24)(H,22,25);1-5,8H,6-7H2,(H,10,11);1-2,4-5H,3,6-7H2/t14-,15+,16-,17+,18?;;/m1../s1. The molecule has 3 amide bonds. The Labute approximate surface area is 267 Å². The number of rotatable bonds is 12. The van der Waals surface area contributed by atoms with E-state index in [0.29, 0.717) is 24.8 Å². The van der Waals surface area contributed by atoms with Crippen LogP contribution in [-0.4, -0.2) is 42.5 Å². The number of hydrogen-bond acceptors (Lipinski definition) is 4. The molecule has 0 aromatic heterocycles. The molecule has 6 rings (SSSR count). The van der Waals surface area contributed by atoms with Gasteiger partial charge in [-0.2, -0.15) is 0 Å². The zero-order chi connectivity index (χ0) is 31.9. The summed E-state index contributed by atoms with van der Waals surface area (Å²) in [5.41, 5.74) is 10.9. The number of fused-ring (bicyclic) bond motifs is 3. The first-order valence-corrected chi connectivity index (χ1v) is 16.2. The normalized spacial score (nSPS) is 20.0. The Bertz CT molecular complexity index is 1360. The fourth-order valence-corrected chi connectivity index (χ4v) is 6.48. The summed E-state index contributed by atoms with van der Waals surface area (Å²) < 4.78 is 0. The van der Waals surface area contributed by atoms with Gasteiger partial charge in [-0.1, -0.05) is 97.1 Å². The molecule has 0 saturated heterocycles. The Kier molecular flexibility index (Phi) is 13.4. The Morgan fingerprint density at radius 2 is 1.49 bits per heavy atom. The van der Waals surface area contributed by atoms with Crippen LogP contribution >= 0.6 is 0 Å². The molecule has 0 heterocycles. The number of aryl methyl sites for hydroxylation is 2. The summed E-state index contributed by atoms with van der Waals surface area (Å²) in [7, 11) is 0. The van der Waals surface area contributed by atoms with E-state index in [0.717, 1.165) is 31.2 Å². The van der Waals surface area contributed by atoms with Crippen LogP contribution in [0.15, 0.2) is 97.1 Å². The first-order chi connectivity index (χ1) is 21.9. The zero-order valence-electron chi connectivity index (χ0n) is 26.0. The van der Waals surface area contributed by atoms with Gasteiger partial charge in [0.2, 0.25) is 18.2 Å². The SMILES string of the molecule is NC(=O)[C@H](Cc1ccccc1)C[C@H](O)CNC(=O)C1C[C@@H]2C=C[C@H]1C2.O=CNCCc1ccccc1.c1ccc2c(c1)CCC2. The van der Waals surface area contributed by atoms with Crippen LogP contribution in [0, 0.1) is 23.7 Å². The third kappa shape index (κ3) is 11.0. The molecular weight excluding hydrogens is 562 g/mol. The van der Waals surface area contributed by atoms with Crippen molar-refractivity contribution in [2.24, 2.45) is 29.4 Å². The molecule has 0 aliphatic heterocycles. The van der Waals surface area contributed by atoms with Crippen LogP contribution in [0.1, 0.15) is 47.9 Å². The van der Waals surface area contributed by atoms with E-state index in [1.807, 2.05) is 60.7 Å². The van der Waals surface area contributed by atoms with Gasteiger partial charge in [-0.25, -0.2) is 0 Å². The van der Waals surface area contributed by atoms with Crippen molar-refractivity contribution in [3.05, 3.63) is 119 Å². The third-order valence-corrected chi connectivity index (χ3v) is 8.91. The van der Waals surface area contributed by atoms with Gasteiger partial charge >= 0.3 is 0 Å². The van der Waals surface area contributed by atoms with Crippen LogP contribution in [0.4, 0.5) is 0 Å². The first kappa shape index (κ1) is 33.7. The number of benzene rings is 3. The minimum atomic E-state index is -0.778. The maximum atomic E-state index is 12.3. The Hall–Kier alpha value is -4.23. The van der Waals surface area contributed by atoms with Crippen molar-refractivity contribution in [1.29, 1.82) is 0 Å². The summed E-state index contributed by atoms with van der Waals surface area (Å²) in [6, 6.07) is 28.4. The average Bonchev–Trinajstić information content (AvgIpc) is 3.83. The summed E-state index contributed by atoms with van der Waals surface area (Å²) >= 11 is 0. The molecule has 7 nitrogen and oxygen atoms in total. The number of primary amides is 1. The highest BCUT2D eigenvalue weighted by Gasteiger charge is 2.39. The van der Waals surface area contributed by atoms with Crippen LogP contribution in [0.3, 0.4) is 0 Å². The van der Waals surface area contributed by atoms with Crippen LogP contribution in [-0.2, 0) is 40.1 Å². The van der Waals surface area contributed by atoms with Gasteiger partial charge < -0.3 is 21.5 Å². The number of carbonyl (C=O) groups excluding carboxylic acids is 3. The van der Waals surface area contributed by atoms with Crippen molar-refractivity contribution in [2.45, 2.75) is 57.5 Å². The number of amides is 3. The molecule has 5 N–H and O–H groups in total. The summed E-state index contributed by atoms with van der Waals surface area (Å²) in [6.45, 7) is 0.877. The van der Waals surface area contributed by atoms with E-state index in [9.17, 15) is 19.5 Å². The number of allylic oxidation sites excluding steroid dienone is 2. The second kappa shape index (κ2) is 17.9. The van der Waals surface area contributed by atoms with Gasteiger partial charge in [0.05, 0.1) is 6.10 Å². The maximum absolute atomic E-state index is 12.3. The van der Waals surface area contributed by atoms with Gasteiger partial charge in [-0.05, 0) is 85.5 Å². The number of aliphatic hydroxyl groups is 1. The van der Waals surface area contributed by atoms with Gasteiger partial charge in [0.15, 0.2) is 0 Å². The monoisotopic (exact) mass is 609 g/mol. The lowest BCUT2D eigenvalue weighted by Gasteiger charge is -2.21. The summed E-state index contributed by atoms with van der Waals surface area (Å²) in [5.74, 6) is 0.0506. The molecule has 3 aromatic rings. The zero-order valence-corrected chi connectivity index (χ0v) is 26.0. The maximum Gasteiger partial charge on any atom is 0.223 e. The number of nitrogens with two attached hydrogens (primary N) is 1. The summed E-state index contributed by atoms with van der Waals surface area (Å²) in [4.78, 5) is 33.9. The van der Waals surface area contributed by atoms with Gasteiger partial charge in [0.25, 0.3) is 0 Å². The Balaban J connectivity index is 0.000000187. The lowest BCUT2D eigenvalue weighted by atomic mass is 9.92. The number of aliphatic hydroxyl groups excluding tert-OH is 1. The summed E-state index contributed by atoms with van der Waals surface area (Å²) in [6.07, 6.45) is 11.9. The van der Waals surface area contributed by atoms with Crippen molar-refractivity contribution in [3.63, 3.8) is 0 Å². The fraction of sp³-hybridized carbons (Fsp3) is 0.395. The lowest BCUT2D eigenvalue weighted by molar-refractivity contribution is -0.126. The molecule has 1 saturated carbocycles. The van der Waals surface area contributed by atoms with E-state index in [1.165, 1.54) is 24.8 Å². The highest BCUT2D eigenvalue weighted by atomic mass is 16.3. The highest BCUT2D eigenvalue weighted by molar-refractivity contribution is 5.80. The van der Waals surface area contributed by atoms with Gasteiger partial charge in [-0.3, -0.25) is 14.4 Å². The van der Waals surface area contributed by atoms with Crippen LogP contribution in [0.5, 0.6) is 0 Å². The van der Waals surface area contributed by atoms with E-state index in [2.05, 4.69) is 47.1 Å². The van der Waals surface area contributed by atoms with E-state index >= 15 is 0 Å². The minimum absolute atomic E-state index is 0.00887. The predicted molar refractivity (Wildman–Crippen MR) is 178 cm³/mol. The van der Waals surface area contributed by atoms with Crippen molar-refractivity contribution in [3.8, 4) is 0 Å². The average molecular weight is 610 g/mol. The van der Waals surface area contributed by atoms with Crippen molar-refractivity contribution < 1.29 is 19.5 Å². The number of carbonyl (C=O) groups is 3. The lowest BCUT2D eigenvalue weighted by Crippen LogP contribution is -2.39. The van der Waals surface area contributed by atoms with Gasteiger partial charge in [0.1, 0.15) is 0 Å². The molecule has 5 atom stereocenters. The molecule has 3 aliphatic carbocycles. The Morgan fingerprint density at radius 3 is 2.04 bits per heavy atom.